The molecule has 0 bridgehead atoms. The number of benzene rings is 2. The quantitative estimate of drug-likeness (QED) is 0.256. The predicted octanol–water partition coefficient (Wildman–Crippen LogP) is 6.81. The molecule has 0 unspecified atom stereocenters. The number of hydrogen-bond acceptors (Lipinski definition) is 7. The molecule has 1 N–H and O–H groups in total. The van der Waals surface area contributed by atoms with Crippen LogP contribution in [0.1, 0.15) is 27.2 Å². The zero-order valence-electron chi connectivity index (χ0n) is 22.5. The van der Waals surface area contributed by atoms with Crippen LogP contribution in [0, 0.1) is 17.0 Å². The van der Waals surface area contributed by atoms with Crippen molar-refractivity contribution in [1.29, 1.82) is 0 Å². The standard InChI is InChI=1S/C29H29ClF2N4O3S/c1-29(2,3)25(35-28-34-22(15-40-28)19-6-5-7-21(31)24(19)32)27(37)36-11-10-17(14-36)39-26-20-12-16(30)8-9-18(20)23(38-4)13-33-26/h5-9,12-13,15,17,25H,10-11,14H2,1-4H3,(H,34,35)/t17-,25-/m1/s1. The molecule has 210 valence electrons. The number of pyridine rings is 1. The fourth-order valence-corrected chi connectivity index (χ4v) is 5.64. The van der Waals surface area contributed by atoms with Crippen LogP contribution in [0.25, 0.3) is 22.0 Å². The number of carbonyl (C=O) groups excluding carboxylic acids is 1. The molecule has 1 fully saturated rings. The van der Waals surface area contributed by atoms with E-state index >= 15 is 0 Å². The Morgan fingerprint density at radius 1 is 1.23 bits per heavy atom. The van der Waals surface area contributed by atoms with E-state index in [1.807, 2.05) is 26.8 Å². The fourth-order valence-electron chi connectivity index (χ4n) is 4.72. The number of thiazole rings is 1. The van der Waals surface area contributed by atoms with Crippen molar-refractivity contribution in [2.45, 2.75) is 39.3 Å². The van der Waals surface area contributed by atoms with E-state index in [9.17, 15) is 13.6 Å². The summed E-state index contributed by atoms with van der Waals surface area (Å²) in [4.78, 5) is 24.4. The van der Waals surface area contributed by atoms with E-state index in [1.165, 1.54) is 23.5 Å². The van der Waals surface area contributed by atoms with Gasteiger partial charge in [-0.25, -0.2) is 18.7 Å². The summed E-state index contributed by atoms with van der Waals surface area (Å²) in [6, 6.07) is 8.80. The second-order valence-electron chi connectivity index (χ2n) is 10.7. The third kappa shape index (κ3) is 5.69. The first-order valence-electron chi connectivity index (χ1n) is 12.8. The van der Waals surface area contributed by atoms with Crippen LogP contribution < -0.4 is 14.8 Å². The van der Waals surface area contributed by atoms with Gasteiger partial charge in [-0.3, -0.25) is 4.79 Å². The maximum Gasteiger partial charge on any atom is 0.245 e. The molecule has 4 aromatic rings. The topological polar surface area (TPSA) is 76.6 Å². The largest absolute Gasteiger partial charge is 0.494 e. The van der Waals surface area contributed by atoms with E-state index in [2.05, 4.69) is 15.3 Å². The number of carbonyl (C=O) groups is 1. The van der Waals surface area contributed by atoms with Gasteiger partial charge in [-0.2, -0.15) is 0 Å². The summed E-state index contributed by atoms with van der Waals surface area (Å²) in [6.07, 6.45) is 2.00. The molecule has 7 nitrogen and oxygen atoms in total. The molecular weight excluding hydrogens is 558 g/mol. The van der Waals surface area contributed by atoms with Gasteiger partial charge in [0, 0.05) is 39.7 Å². The number of halogens is 3. The molecular formula is C29H29ClF2N4O3S. The lowest BCUT2D eigenvalue weighted by Gasteiger charge is -2.33. The molecule has 3 heterocycles. The molecule has 2 aromatic heterocycles. The van der Waals surface area contributed by atoms with Crippen molar-refractivity contribution in [3.63, 3.8) is 0 Å². The second-order valence-corrected chi connectivity index (χ2v) is 12.0. The third-order valence-corrected chi connectivity index (χ3v) is 7.85. The van der Waals surface area contributed by atoms with E-state index in [-0.39, 0.29) is 17.6 Å². The highest BCUT2D eigenvalue weighted by molar-refractivity contribution is 7.14. The fraction of sp³-hybridized carbons (Fsp3) is 0.345. The highest BCUT2D eigenvalue weighted by Crippen LogP contribution is 2.35. The van der Waals surface area contributed by atoms with Crippen LogP contribution in [-0.2, 0) is 4.79 Å². The predicted molar refractivity (Wildman–Crippen MR) is 153 cm³/mol. The van der Waals surface area contributed by atoms with Crippen molar-refractivity contribution in [2.24, 2.45) is 5.41 Å². The van der Waals surface area contributed by atoms with Crippen LogP contribution in [-0.4, -0.2) is 53.1 Å². The number of aromatic nitrogens is 2. The Hall–Kier alpha value is -3.50. The molecule has 0 saturated carbocycles. The summed E-state index contributed by atoms with van der Waals surface area (Å²) >= 11 is 7.47. The van der Waals surface area contributed by atoms with Crippen molar-refractivity contribution in [3.05, 3.63) is 64.6 Å². The first-order chi connectivity index (χ1) is 19.0. The molecule has 0 aliphatic carbocycles. The van der Waals surface area contributed by atoms with Gasteiger partial charge in [0.15, 0.2) is 16.8 Å². The molecule has 5 rings (SSSR count). The number of nitrogens with one attached hydrogen (secondary N) is 1. The van der Waals surface area contributed by atoms with E-state index in [0.29, 0.717) is 47.0 Å². The number of rotatable bonds is 7. The van der Waals surface area contributed by atoms with Crippen molar-refractivity contribution in [2.75, 3.05) is 25.5 Å². The smallest absolute Gasteiger partial charge is 0.245 e. The zero-order valence-corrected chi connectivity index (χ0v) is 24.1. The average molecular weight is 587 g/mol. The number of likely N-dealkylation sites (tertiary alicyclic amines) is 1. The molecule has 0 spiro atoms. The van der Waals surface area contributed by atoms with Crippen molar-refractivity contribution in [1.82, 2.24) is 14.9 Å². The normalized spacial score (nSPS) is 16.3. The molecule has 2 aromatic carbocycles. The molecule has 2 atom stereocenters. The molecule has 11 heteroatoms. The van der Waals surface area contributed by atoms with Crippen molar-refractivity contribution in [3.8, 4) is 22.9 Å². The van der Waals surface area contributed by atoms with Crippen molar-refractivity contribution < 1.29 is 23.0 Å². The summed E-state index contributed by atoms with van der Waals surface area (Å²) in [6.45, 7) is 6.80. The number of fused-ring (bicyclic) bond motifs is 1. The first kappa shape index (κ1) is 28.0. The van der Waals surface area contributed by atoms with Gasteiger partial charge in [-0.1, -0.05) is 38.4 Å². The van der Waals surface area contributed by atoms with Crippen molar-refractivity contribution >= 4 is 44.7 Å². The van der Waals surface area contributed by atoms with Gasteiger partial charge in [0.25, 0.3) is 0 Å². The van der Waals surface area contributed by atoms with Gasteiger partial charge in [-0.15, -0.1) is 11.3 Å². The molecule has 0 radical (unpaired) electrons. The van der Waals surface area contributed by atoms with E-state index in [4.69, 9.17) is 21.1 Å². The average Bonchev–Trinajstić information content (AvgIpc) is 3.58. The van der Waals surface area contributed by atoms with Crippen LogP contribution in [0.15, 0.2) is 48.0 Å². The summed E-state index contributed by atoms with van der Waals surface area (Å²) in [5.41, 5.74) is -0.0850. The Kier molecular flexibility index (Phi) is 7.83. The number of methoxy groups -OCH3 is 1. The first-order valence-corrected chi connectivity index (χ1v) is 14.0. The number of nitrogens with zero attached hydrogens (tertiary/aromatic N) is 3. The van der Waals surface area contributed by atoms with Gasteiger partial charge < -0.3 is 19.7 Å². The second kappa shape index (κ2) is 11.2. The van der Waals surface area contributed by atoms with Crippen LogP contribution in [0.5, 0.6) is 11.6 Å². The number of amides is 1. The van der Waals surface area contributed by atoms with Gasteiger partial charge in [-0.05, 0) is 35.7 Å². The Balaban J connectivity index is 1.31. The summed E-state index contributed by atoms with van der Waals surface area (Å²) in [5.74, 6) is -0.931. The van der Waals surface area contributed by atoms with Gasteiger partial charge in [0.1, 0.15) is 17.9 Å². The number of ether oxygens (including phenoxy) is 2. The maximum atomic E-state index is 14.3. The van der Waals surface area contributed by atoms with E-state index in [1.54, 1.807) is 35.7 Å². The van der Waals surface area contributed by atoms with E-state index < -0.39 is 23.1 Å². The van der Waals surface area contributed by atoms with Gasteiger partial charge >= 0.3 is 0 Å². The highest BCUT2D eigenvalue weighted by atomic mass is 35.5. The van der Waals surface area contributed by atoms with Crippen LogP contribution in [0.4, 0.5) is 13.9 Å². The monoisotopic (exact) mass is 586 g/mol. The Morgan fingerprint density at radius 3 is 2.77 bits per heavy atom. The molecule has 1 saturated heterocycles. The third-order valence-electron chi connectivity index (χ3n) is 6.84. The minimum absolute atomic E-state index is 0.0726. The summed E-state index contributed by atoms with van der Waals surface area (Å²) < 4.78 is 39.7. The molecule has 40 heavy (non-hydrogen) atoms. The van der Waals surface area contributed by atoms with Crippen LogP contribution >= 0.6 is 22.9 Å². The van der Waals surface area contributed by atoms with Crippen LogP contribution in [0.2, 0.25) is 5.02 Å². The minimum Gasteiger partial charge on any atom is -0.494 e. The molecule has 1 aliphatic heterocycles. The summed E-state index contributed by atoms with van der Waals surface area (Å²) in [5, 5.41) is 7.46. The lowest BCUT2D eigenvalue weighted by Crippen LogP contribution is -2.49. The highest BCUT2D eigenvalue weighted by Gasteiger charge is 2.38. The van der Waals surface area contributed by atoms with Crippen LogP contribution in [0.3, 0.4) is 0 Å². The lowest BCUT2D eigenvalue weighted by atomic mass is 9.86. The maximum absolute atomic E-state index is 14.3. The minimum atomic E-state index is -0.952. The molecule has 1 amide bonds. The van der Waals surface area contributed by atoms with Gasteiger partial charge in [0.05, 0.1) is 25.5 Å². The Labute approximate surface area is 240 Å². The Morgan fingerprint density at radius 2 is 2.02 bits per heavy atom. The number of hydrogen-bond donors (Lipinski definition) is 1. The van der Waals surface area contributed by atoms with E-state index in [0.717, 1.165) is 16.8 Å². The summed E-state index contributed by atoms with van der Waals surface area (Å²) in [7, 11) is 1.58. The molecule has 1 aliphatic rings. The van der Waals surface area contributed by atoms with Gasteiger partial charge in [0.2, 0.25) is 11.8 Å². The SMILES string of the molecule is COc1cnc(O[C@@H]2CCN(C(=O)[C@@H](Nc3nc(-c4cccc(F)c4F)cs3)C(C)(C)C)C2)c2cc(Cl)ccc12. The zero-order chi connectivity index (χ0) is 28.6. The number of anilines is 1. The lowest BCUT2D eigenvalue weighted by molar-refractivity contribution is -0.133. The Bertz CT molecular complexity index is 1560.